The van der Waals surface area contributed by atoms with Crippen molar-refractivity contribution < 1.29 is 9.53 Å². The first-order valence-corrected chi connectivity index (χ1v) is 5.87. The molecule has 0 aliphatic rings. The first-order chi connectivity index (χ1) is 6.74. The van der Waals surface area contributed by atoms with E-state index in [1.807, 2.05) is 53.8 Å². The third-order valence-electron chi connectivity index (χ3n) is 1.88. The van der Waals surface area contributed by atoms with Crippen LogP contribution >= 0.6 is 0 Å². The molecule has 1 rings (SSSR count). The van der Waals surface area contributed by atoms with E-state index in [-0.39, 0.29) is 10.7 Å². The van der Waals surface area contributed by atoms with Crippen molar-refractivity contribution in [2.24, 2.45) is 0 Å². The van der Waals surface area contributed by atoms with E-state index >= 15 is 0 Å². The van der Waals surface area contributed by atoms with E-state index < -0.39 is 0 Å². The second-order valence-electron chi connectivity index (χ2n) is 2.97. The molecule has 0 aromatic heterocycles. The van der Waals surface area contributed by atoms with Crippen LogP contribution < -0.4 is 0 Å². The Morgan fingerprint density at radius 3 is 2.64 bits per heavy atom. The average molecular weight is 250 g/mol. The number of ether oxygens (including phenoxy) is 1. The van der Waals surface area contributed by atoms with Gasteiger partial charge in [-0.15, -0.1) is 0 Å². The van der Waals surface area contributed by atoms with Gasteiger partial charge in [0.1, 0.15) is 0 Å². The summed E-state index contributed by atoms with van der Waals surface area (Å²) in [5.74, 6) is -0.121. The maximum absolute atomic E-state index is 11.2. The molecule has 0 saturated heterocycles. The van der Waals surface area contributed by atoms with Gasteiger partial charge in [-0.2, -0.15) is 0 Å². The van der Waals surface area contributed by atoms with Gasteiger partial charge in [0, 0.05) is 0 Å². The molecule has 2 nitrogen and oxygen atoms in total. The Hall–Kier alpha value is -0.767. The van der Waals surface area contributed by atoms with Crippen molar-refractivity contribution in [2.45, 2.75) is 18.1 Å². The molecular weight excluding hydrogens is 237 g/mol. The van der Waals surface area contributed by atoms with Gasteiger partial charge in [-0.3, -0.25) is 0 Å². The van der Waals surface area contributed by atoms with E-state index in [1.165, 1.54) is 5.56 Å². The quantitative estimate of drug-likeness (QED) is 0.602. The van der Waals surface area contributed by atoms with E-state index in [0.29, 0.717) is 13.0 Å². The Morgan fingerprint density at radius 1 is 1.43 bits per heavy atom. The van der Waals surface area contributed by atoms with Crippen LogP contribution in [0.5, 0.6) is 0 Å². The Morgan fingerprint density at radius 2 is 2.07 bits per heavy atom. The van der Waals surface area contributed by atoms with Gasteiger partial charge in [0.25, 0.3) is 0 Å². The van der Waals surface area contributed by atoms with Gasteiger partial charge in [-0.05, 0) is 0 Å². The topological polar surface area (TPSA) is 26.3 Å². The van der Waals surface area contributed by atoms with Crippen molar-refractivity contribution in [3.05, 3.63) is 35.9 Å². The van der Waals surface area contributed by atoms with Crippen molar-refractivity contribution in [3.8, 4) is 0 Å². The summed E-state index contributed by atoms with van der Waals surface area (Å²) in [7, 11) is 0. The predicted molar refractivity (Wildman–Crippen MR) is 56.2 cm³/mol. The molecule has 0 bridgehead atoms. The van der Waals surface area contributed by atoms with Gasteiger partial charge in [-0.1, -0.05) is 0 Å². The fourth-order valence-corrected chi connectivity index (χ4v) is 1.94. The molecule has 3 heteroatoms. The zero-order chi connectivity index (χ0) is 10.4. The SMILES string of the molecule is CCOC(=O)C[CH]([Ge])c1ccccc1. The number of esters is 1. The van der Waals surface area contributed by atoms with Crippen LogP contribution in [0.4, 0.5) is 0 Å². The zero-order valence-electron chi connectivity index (χ0n) is 8.19. The first-order valence-electron chi connectivity index (χ1n) is 4.65. The van der Waals surface area contributed by atoms with Crippen LogP contribution in [0.2, 0.25) is 0 Å². The van der Waals surface area contributed by atoms with E-state index in [0.717, 1.165) is 0 Å². The molecule has 0 saturated carbocycles. The van der Waals surface area contributed by atoms with E-state index in [1.54, 1.807) is 0 Å². The second kappa shape index (κ2) is 5.86. The molecule has 0 heterocycles. The van der Waals surface area contributed by atoms with Crippen LogP contribution in [-0.2, 0) is 9.53 Å². The van der Waals surface area contributed by atoms with Crippen LogP contribution in [0.1, 0.15) is 23.7 Å². The van der Waals surface area contributed by atoms with E-state index in [4.69, 9.17) is 4.74 Å². The van der Waals surface area contributed by atoms with Gasteiger partial charge in [0.05, 0.1) is 0 Å². The van der Waals surface area contributed by atoms with Crippen LogP contribution in [-0.4, -0.2) is 29.1 Å². The minimum atomic E-state index is -0.121. The number of benzene rings is 1. The van der Waals surface area contributed by atoms with Crippen LogP contribution in [0, 0.1) is 0 Å². The van der Waals surface area contributed by atoms with E-state index in [9.17, 15) is 4.79 Å². The third kappa shape index (κ3) is 3.54. The third-order valence-corrected chi connectivity index (χ3v) is 3.01. The molecule has 0 aliphatic heterocycles. The average Bonchev–Trinajstić information content (AvgIpc) is 2.19. The zero-order valence-corrected chi connectivity index (χ0v) is 10.3. The molecule has 14 heavy (non-hydrogen) atoms. The summed E-state index contributed by atoms with van der Waals surface area (Å²) in [5, 5.41) is 0. The molecule has 1 atom stereocenters. The number of hydrogen-bond donors (Lipinski definition) is 0. The molecule has 0 amide bonds. The Bertz CT molecular complexity index is 285. The summed E-state index contributed by atoms with van der Waals surface area (Å²) in [4.78, 5) is 11.2. The van der Waals surface area contributed by atoms with Crippen LogP contribution in [0.25, 0.3) is 0 Å². The molecule has 0 N–H and O–H groups in total. The Kier molecular flexibility index (Phi) is 4.73. The van der Waals surface area contributed by atoms with Crippen molar-refractivity contribution in [3.63, 3.8) is 0 Å². The normalized spacial score (nSPS) is 12.1. The van der Waals surface area contributed by atoms with Gasteiger partial charge in [0.2, 0.25) is 0 Å². The van der Waals surface area contributed by atoms with E-state index in [2.05, 4.69) is 0 Å². The fraction of sp³-hybridized carbons (Fsp3) is 0.364. The second-order valence-corrected chi connectivity index (χ2v) is 4.43. The van der Waals surface area contributed by atoms with Crippen LogP contribution in [0.15, 0.2) is 30.3 Å². The molecule has 1 unspecified atom stereocenters. The minimum absolute atomic E-state index is 0.121. The molecule has 3 radical (unpaired) electrons. The van der Waals surface area contributed by atoms with Crippen molar-refractivity contribution in [2.75, 3.05) is 6.61 Å². The summed E-state index contributed by atoms with van der Waals surface area (Å²) in [5.41, 5.74) is 1.18. The molecule has 73 valence electrons. The summed E-state index contributed by atoms with van der Waals surface area (Å²) >= 11 is 2.03. The maximum atomic E-state index is 11.2. The monoisotopic (exact) mass is 251 g/mol. The molecule has 1 aromatic carbocycles. The fourth-order valence-electron chi connectivity index (χ4n) is 1.19. The Labute approximate surface area is 92.9 Å². The molecule has 1 aromatic rings. The standard InChI is InChI=1S/C11H13GeO2/c1-2-14-11(13)8-10(12)9-6-4-3-5-7-9/h3-7,10H,2,8H2,1H3. The number of rotatable bonds is 4. The van der Waals surface area contributed by atoms with Crippen LogP contribution in [0.3, 0.4) is 0 Å². The first kappa shape index (κ1) is 11.3. The molecule has 0 spiro atoms. The predicted octanol–water partition coefficient (Wildman–Crippen LogP) is 1.85. The summed E-state index contributed by atoms with van der Waals surface area (Å²) in [6.07, 6.45) is 0.456. The summed E-state index contributed by atoms with van der Waals surface area (Å²) < 4.78 is 5.13. The van der Waals surface area contributed by atoms with Crippen molar-refractivity contribution in [1.29, 1.82) is 0 Å². The molecular formula is C11H13GeO2. The number of carbonyl (C=O) groups is 1. The van der Waals surface area contributed by atoms with Crippen molar-refractivity contribution in [1.82, 2.24) is 0 Å². The van der Waals surface area contributed by atoms with Gasteiger partial charge in [0.15, 0.2) is 0 Å². The number of carbonyl (C=O) groups excluding carboxylic acids is 1. The van der Waals surface area contributed by atoms with Crippen molar-refractivity contribution >= 4 is 22.5 Å². The van der Waals surface area contributed by atoms with Gasteiger partial charge >= 0.3 is 92.6 Å². The summed E-state index contributed by atoms with van der Waals surface area (Å²) in [6.45, 7) is 2.28. The van der Waals surface area contributed by atoms with Gasteiger partial charge < -0.3 is 0 Å². The molecule has 0 fully saturated rings. The van der Waals surface area contributed by atoms with Gasteiger partial charge in [-0.25, -0.2) is 0 Å². The Balaban J connectivity index is 2.50. The number of hydrogen-bond acceptors (Lipinski definition) is 2. The molecule has 0 aliphatic carbocycles. The summed E-state index contributed by atoms with van der Waals surface area (Å²) in [6, 6.07) is 10.0.